The van der Waals surface area contributed by atoms with Crippen molar-refractivity contribution in [1.82, 2.24) is 0 Å². The van der Waals surface area contributed by atoms with Crippen LogP contribution in [0.25, 0.3) is 0 Å². The van der Waals surface area contributed by atoms with Gasteiger partial charge in [-0.1, -0.05) is 65.2 Å². The Bertz CT molecular complexity index is 642. The normalized spacial score (nSPS) is 13.9. The number of ether oxygens (including phenoxy) is 2. The monoisotopic (exact) mass is 555 g/mol. The van der Waals surface area contributed by atoms with Crippen LogP contribution in [0, 0.1) is 0 Å². The molecule has 0 aromatic rings. The average Bonchev–Trinajstić information content (AvgIpc) is 2.79. The Morgan fingerprint density at radius 1 is 0.778 bits per heavy atom. The van der Waals surface area contributed by atoms with E-state index >= 15 is 0 Å². The number of esters is 2. The van der Waals surface area contributed by atoms with Crippen molar-refractivity contribution in [1.29, 1.82) is 0 Å². The van der Waals surface area contributed by atoms with E-state index < -0.39 is 51.1 Å². The largest absolute Gasteiger partial charge is 1.00 e. The Morgan fingerprint density at radius 2 is 1.25 bits per heavy atom. The summed E-state index contributed by atoms with van der Waals surface area (Å²) in [6.07, 6.45) is 8.54. The number of hydrogen-bond acceptors (Lipinski definition) is 11. The van der Waals surface area contributed by atoms with E-state index in [1.165, 1.54) is 0 Å². The van der Waals surface area contributed by atoms with Gasteiger partial charge in [-0.2, -0.15) is 0 Å². The van der Waals surface area contributed by atoms with Gasteiger partial charge in [0, 0.05) is 12.8 Å². The third-order valence-corrected chi connectivity index (χ3v) is 5.76. The first kappa shape index (κ1) is 41.0. The first-order valence-corrected chi connectivity index (χ1v) is 13.5. The van der Waals surface area contributed by atoms with E-state index in [-0.39, 0.29) is 78.6 Å². The molecule has 1 unspecified atom stereocenters. The Hall–Kier alpha value is 0.480. The minimum atomic E-state index is -4.95. The second-order valence-corrected chi connectivity index (χ2v) is 9.50. The summed E-state index contributed by atoms with van der Waals surface area (Å²) in [4.78, 5) is 46.5. The molecule has 0 heterocycles. The molecule has 3 atom stereocenters. The number of carbonyl (C=O) groups is 3. The van der Waals surface area contributed by atoms with Crippen molar-refractivity contribution in [3.63, 3.8) is 0 Å². The van der Waals surface area contributed by atoms with Crippen LogP contribution in [0.4, 0.5) is 0 Å². The minimum Gasteiger partial charge on any atom is -0.756 e. The van der Waals surface area contributed by atoms with Gasteiger partial charge in [0.25, 0.3) is 7.82 Å². The van der Waals surface area contributed by atoms with Crippen molar-refractivity contribution in [2.75, 3.05) is 19.8 Å². The number of nitrogens with two attached hydrogens (primary N) is 1. The zero-order valence-corrected chi connectivity index (χ0v) is 27.3. The van der Waals surface area contributed by atoms with Crippen LogP contribution < -0.4 is 74.8 Å². The van der Waals surface area contributed by atoms with Crippen LogP contribution in [0.1, 0.15) is 90.9 Å². The standard InChI is InChI=1S/C22H42NO10P.2Na/c1-3-5-7-9-11-13-20(24)30-15-18(33-21(25)14-12-10-8-6-4-2)16-31-34(28,29)32-17-19(23)22(26)27;;/h18-19H,3-17,23H2,1-2H3,(H,26,27)(H,28,29);;/q;2*+1/p-2/t18-,19+;;/m1../s1. The van der Waals surface area contributed by atoms with E-state index in [1.807, 2.05) is 0 Å². The number of phosphoric ester groups is 1. The minimum absolute atomic E-state index is 0. The van der Waals surface area contributed by atoms with Gasteiger partial charge in [-0.05, 0) is 12.8 Å². The third kappa shape index (κ3) is 24.8. The average molecular weight is 556 g/mol. The zero-order valence-electron chi connectivity index (χ0n) is 22.4. The summed E-state index contributed by atoms with van der Waals surface area (Å²) in [6.45, 7) is 2.25. The number of hydrogen-bond donors (Lipinski definition) is 1. The number of rotatable bonds is 22. The predicted octanol–water partition coefficient (Wildman–Crippen LogP) is -4.25. The molecule has 200 valence electrons. The van der Waals surface area contributed by atoms with E-state index in [0.717, 1.165) is 51.4 Å². The molecule has 11 nitrogen and oxygen atoms in total. The van der Waals surface area contributed by atoms with Crippen molar-refractivity contribution < 1.29 is 107 Å². The molecule has 0 amide bonds. The summed E-state index contributed by atoms with van der Waals surface area (Å²) in [5.74, 6) is -2.74. The molecule has 0 aromatic carbocycles. The zero-order chi connectivity index (χ0) is 25.8. The van der Waals surface area contributed by atoms with Crippen molar-refractivity contribution in [3.05, 3.63) is 0 Å². The number of carboxylic acids is 1. The Kier molecular flexibility index (Phi) is 29.3. The summed E-state index contributed by atoms with van der Waals surface area (Å²) < 4.78 is 31.3. The van der Waals surface area contributed by atoms with Crippen LogP contribution in [0.15, 0.2) is 0 Å². The quantitative estimate of drug-likeness (QED) is 0.0592. The molecule has 0 spiro atoms. The van der Waals surface area contributed by atoms with E-state index in [9.17, 15) is 28.9 Å². The van der Waals surface area contributed by atoms with Gasteiger partial charge in [0.1, 0.15) is 6.61 Å². The summed E-state index contributed by atoms with van der Waals surface area (Å²) in [5.41, 5.74) is 5.14. The van der Waals surface area contributed by atoms with Crippen molar-refractivity contribution in [2.24, 2.45) is 5.73 Å². The summed E-state index contributed by atoms with van der Waals surface area (Å²) in [6, 6.07) is -1.66. The number of carbonyl (C=O) groups excluding carboxylic acids is 3. The maximum absolute atomic E-state index is 12.1. The number of aliphatic carboxylic acids is 1. The van der Waals surface area contributed by atoms with Crippen LogP contribution in [0.2, 0.25) is 0 Å². The maximum atomic E-state index is 12.1. The molecule has 0 fully saturated rings. The Morgan fingerprint density at radius 3 is 1.75 bits per heavy atom. The molecule has 0 aliphatic heterocycles. The van der Waals surface area contributed by atoms with Gasteiger partial charge in [0.15, 0.2) is 6.10 Å². The number of unbranched alkanes of at least 4 members (excludes halogenated alkanes) is 8. The van der Waals surface area contributed by atoms with Gasteiger partial charge in [-0.15, -0.1) is 0 Å². The second kappa shape index (κ2) is 25.7. The molecule has 0 aliphatic carbocycles. The molecule has 0 radical (unpaired) electrons. The van der Waals surface area contributed by atoms with Crippen LogP contribution in [-0.4, -0.2) is 49.9 Å². The van der Waals surface area contributed by atoms with Gasteiger partial charge in [-0.25, -0.2) is 0 Å². The molecule has 14 heteroatoms. The van der Waals surface area contributed by atoms with Crippen LogP contribution in [0.3, 0.4) is 0 Å². The molecule has 2 N–H and O–H groups in total. The molecule has 0 saturated carbocycles. The van der Waals surface area contributed by atoms with Crippen LogP contribution >= 0.6 is 7.82 Å². The smallest absolute Gasteiger partial charge is 0.756 e. The summed E-state index contributed by atoms with van der Waals surface area (Å²) in [5, 5.41) is 10.6. The van der Waals surface area contributed by atoms with Gasteiger partial charge in [0.05, 0.1) is 25.2 Å². The number of phosphoric acid groups is 1. The molecule has 0 rings (SSSR count). The van der Waals surface area contributed by atoms with E-state index in [0.29, 0.717) is 12.8 Å². The summed E-state index contributed by atoms with van der Waals surface area (Å²) >= 11 is 0. The van der Waals surface area contributed by atoms with Crippen LogP contribution in [-0.2, 0) is 37.5 Å². The van der Waals surface area contributed by atoms with Crippen molar-refractivity contribution >= 4 is 25.7 Å². The summed E-state index contributed by atoms with van der Waals surface area (Å²) in [7, 11) is -4.95. The fourth-order valence-corrected chi connectivity index (χ4v) is 3.58. The van der Waals surface area contributed by atoms with Crippen molar-refractivity contribution in [2.45, 2.75) is 103 Å². The molecule has 0 saturated heterocycles. The van der Waals surface area contributed by atoms with Crippen LogP contribution in [0.5, 0.6) is 0 Å². The third-order valence-electron chi connectivity index (χ3n) is 4.83. The number of carboxylic acid groups (broad SMARTS) is 1. The fraction of sp³-hybridized carbons (Fsp3) is 0.864. The van der Waals surface area contributed by atoms with Gasteiger partial charge < -0.3 is 39.0 Å². The van der Waals surface area contributed by atoms with Gasteiger partial charge in [-0.3, -0.25) is 14.2 Å². The van der Waals surface area contributed by atoms with Gasteiger partial charge >= 0.3 is 71.1 Å². The fourth-order valence-electron chi connectivity index (χ4n) is 2.82. The molecule has 0 bridgehead atoms. The van der Waals surface area contributed by atoms with Crippen molar-refractivity contribution in [3.8, 4) is 0 Å². The molecule has 36 heavy (non-hydrogen) atoms. The molecular weight excluding hydrogens is 515 g/mol. The SMILES string of the molecule is CCCCCCCC(=O)OC[C@H](COP(=O)([O-])OC[C@H](N)C(=O)[O-])OC(=O)CCCCCCC.[Na+].[Na+]. The Balaban J connectivity index is -0.00000544. The van der Waals surface area contributed by atoms with E-state index in [1.54, 1.807) is 0 Å². The first-order valence-electron chi connectivity index (χ1n) is 12.0. The first-order chi connectivity index (χ1) is 16.1. The molecule has 0 aromatic heterocycles. The maximum Gasteiger partial charge on any atom is 1.00 e. The van der Waals surface area contributed by atoms with E-state index in [4.69, 9.17) is 15.2 Å². The van der Waals surface area contributed by atoms with Gasteiger partial charge in [0.2, 0.25) is 0 Å². The molecular formula is C22H40NNa2O10P. The molecule has 0 aliphatic rings. The Labute approximate surface area is 259 Å². The predicted molar refractivity (Wildman–Crippen MR) is 120 cm³/mol. The van der Waals surface area contributed by atoms with E-state index in [2.05, 4.69) is 22.9 Å². The topological polar surface area (TPSA) is 177 Å². The second-order valence-electron chi connectivity index (χ2n) is 8.09.